The second-order valence-corrected chi connectivity index (χ2v) is 7.40. The fourth-order valence-electron chi connectivity index (χ4n) is 1.41. The van der Waals surface area contributed by atoms with Gasteiger partial charge in [-0.15, -0.1) is 0 Å². The van der Waals surface area contributed by atoms with E-state index in [1.54, 1.807) is 14.2 Å². The van der Waals surface area contributed by atoms with Crippen molar-refractivity contribution in [3.05, 3.63) is 35.4 Å². The van der Waals surface area contributed by atoms with E-state index in [4.69, 9.17) is 8.85 Å². The van der Waals surface area contributed by atoms with E-state index < -0.39 is 20.2 Å². The molecule has 0 fully saturated rings. The highest BCUT2D eigenvalue weighted by Crippen LogP contribution is 2.17. The molecule has 0 spiro atoms. The van der Waals surface area contributed by atoms with Crippen LogP contribution in [0.15, 0.2) is 18.2 Å². The molecular weight excluding hydrogens is 230 g/mol. The fraction of sp³-hybridized carbons (Fsp3) is 0.455. The molecule has 16 heavy (non-hydrogen) atoms. The monoisotopic (exact) mass is 246 g/mol. The summed E-state index contributed by atoms with van der Waals surface area (Å²) in [5, 5.41) is 0. The van der Waals surface area contributed by atoms with Gasteiger partial charge in [-0.25, -0.2) is 8.78 Å². The molecule has 1 rings (SSSR count). The highest BCUT2D eigenvalue weighted by molar-refractivity contribution is 6.65. The van der Waals surface area contributed by atoms with Crippen molar-refractivity contribution in [2.24, 2.45) is 0 Å². The summed E-state index contributed by atoms with van der Waals surface area (Å²) < 4.78 is 36.4. The average molecular weight is 246 g/mol. The predicted molar refractivity (Wildman–Crippen MR) is 60.5 cm³/mol. The minimum Gasteiger partial charge on any atom is -0.398 e. The molecule has 90 valence electrons. The predicted octanol–water partition coefficient (Wildman–Crippen LogP) is 2.87. The lowest BCUT2D eigenvalue weighted by molar-refractivity contribution is 0.249. The number of benzene rings is 1. The van der Waals surface area contributed by atoms with Crippen LogP contribution in [0.5, 0.6) is 0 Å². The summed E-state index contributed by atoms with van der Waals surface area (Å²) in [6.07, 6.45) is 0.555. The number of aryl methyl sites for hydroxylation is 1. The Kier molecular flexibility index (Phi) is 4.58. The fourth-order valence-corrected chi connectivity index (χ4v) is 2.73. The summed E-state index contributed by atoms with van der Waals surface area (Å²) >= 11 is 0. The highest BCUT2D eigenvalue weighted by atomic mass is 28.4. The van der Waals surface area contributed by atoms with Crippen molar-refractivity contribution in [2.45, 2.75) is 19.0 Å². The van der Waals surface area contributed by atoms with Crippen molar-refractivity contribution in [3.8, 4) is 0 Å². The molecule has 0 amide bonds. The van der Waals surface area contributed by atoms with Gasteiger partial charge in [0, 0.05) is 20.3 Å². The first kappa shape index (κ1) is 13.3. The van der Waals surface area contributed by atoms with Crippen molar-refractivity contribution in [3.63, 3.8) is 0 Å². The highest BCUT2D eigenvalue weighted by Gasteiger charge is 2.28. The molecule has 0 aliphatic rings. The molecule has 0 heterocycles. The van der Waals surface area contributed by atoms with Gasteiger partial charge in [-0.05, 0) is 36.7 Å². The van der Waals surface area contributed by atoms with Gasteiger partial charge in [0.1, 0.15) is 11.6 Å². The van der Waals surface area contributed by atoms with Gasteiger partial charge in [0.25, 0.3) is 0 Å². The molecule has 2 nitrogen and oxygen atoms in total. The summed E-state index contributed by atoms with van der Waals surface area (Å²) in [5.74, 6) is -1.10. The lowest BCUT2D eigenvalue weighted by atomic mass is 10.2. The van der Waals surface area contributed by atoms with Crippen LogP contribution >= 0.6 is 0 Å². The van der Waals surface area contributed by atoms with Crippen molar-refractivity contribution in [2.75, 3.05) is 14.2 Å². The van der Waals surface area contributed by atoms with Crippen LogP contribution in [0.1, 0.15) is 5.56 Å². The van der Waals surface area contributed by atoms with Crippen molar-refractivity contribution < 1.29 is 17.6 Å². The third-order valence-corrected chi connectivity index (χ3v) is 5.54. The number of hydrogen-bond acceptors (Lipinski definition) is 2. The first-order chi connectivity index (χ1) is 7.49. The smallest absolute Gasteiger partial charge is 0.334 e. The molecule has 0 N–H and O–H groups in total. The second kappa shape index (κ2) is 5.52. The van der Waals surface area contributed by atoms with Gasteiger partial charge >= 0.3 is 8.56 Å². The molecule has 5 heteroatoms. The van der Waals surface area contributed by atoms with Gasteiger partial charge in [-0.3, -0.25) is 0 Å². The first-order valence-electron chi connectivity index (χ1n) is 5.04. The van der Waals surface area contributed by atoms with Crippen LogP contribution in [0.25, 0.3) is 0 Å². The van der Waals surface area contributed by atoms with Crippen LogP contribution in [0.4, 0.5) is 8.78 Å². The van der Waals surface area contributed by atoms with E-state index in [2.05, 4.69) is 0 Å². The topological polar surface area (TPSA) is 18.5 Å². The Bertz CT molecular complexity index is 334. The minimum atomic E-state index is -2.16. The zero-order chi connectivity index (χ0) is 12.2. The Hall–Kier alpha value is -0.783. The Labute approximate surface area is 95.4 Å². The van der Waals surface area contributed by atoms with E-state index in [1.807, 2.05) is 6.55 Å². The maximum atomic E-state index is 12.9. The third kappa shape index (κ3) is 3.66. The summed E-state index contributed by atoms with van der Waals surface area (Å²) in [5.41, 5.74) is 0.630. The van der Waals surface area contributed by atoms with Gasteiger partial charge in [0.05, 0.1) is 0 Å². The molecular formula is C11H16F2O2Si. The Morgan fingerprint density at radius 3 is 2.00 bits per heavy atom. The zero-order valence-corrected chi connectivity index (χ0v) is 10.7. The van der Waals surface area contributed by atoms with Crippen LogP contribution in [0, 0.1) is 11.6 Å². The van der Waals surface area contributed by atoms with E-state index in [0.29, 0.717) is 18.0 Å². The lowest BCUT2D eigenvalue weighted by Crippen LogP contribution is -2.36. The summed E-state index contributed by atoms with van der Waals surface area (Å²) in [6, 6.07) is 4.21. The maximum Gasteiger partial charge on any atom is 0.334 e. The Balaban J connectivity index is 2.67. The SMILES string of the molecule is CO[Si](C)(CCc1cc(F)cc(F)c1)OC. The average Bonchev–Trinajstić information content (AvgIpc) is 2.25. The molecule has 1 aromatic rings. The molecule has 0 saturated heterocycles. The molecule has 0 atom stereocenters. The normalized spacial score (nSPS) is 11.8. The summed E-state index contributed by atoms with van der Waals surface area (Å²) in [7, 11) is 1.04. The summed E-state index contributed by atoms with van der Waals surface area (Å²) in [6.45, 7) is 1.92. The Morgan fingerprint density at radius 2 is 1.56 bits per heavy atom. The minimum absolute atomic E-state index is 0.548. The maximum absolute atomic E-state index is 12.9. The third-order valence-electron chi connectivity index (χ3n) is 2.65. The van der Waals surface area contributed by atoms with Crippen molar-refractivity contribution in [1.82, 2.24) is 0 Å². The van der Waals surface area contributed by atoms with Crippen molar-refractivity contribution in [1.29, 1.82) is 0 Å². The number of rotatable bonds is 5. The molecule has 1 aromatic carbocycles. The van der Waals surface area contributed by atoms with Gasteiger partial charge in [0.2, 0.25) is 0 Å². The quantitative estimate of drug-likeness (QED) is 0.744. The standard InChI is InChI=1S/C11H16F2O2Si/c1-14-16(3,15-2)5-4-9-6-10(12)8-11(13)7-9/h6-8H,4-5H2,1-3H3. The first-order valence-corrected chi connectivity index (χ1v) is 7.57. The second-order valence-electron chi connectivity index (χ2n) is 3.82. The van der Waals surface area contributed by atoms with E-state index >= 15 is 0 Å². The number of hydrogen-bond donors (Lipinski definition) is 0. The van der Waals surface area contributed by atoms with E-state index in [-0.39, 0.29) is 0 Å². The molecule has 0 radical (unpaired) electrons. The molecule has 0 unspecified atom stereocenters. The van der Waals surface area contributed by atoms with Gasteiger partial charge in [-0.1, -0.05) is 0 Å². The molecule has 0 aliphatic heterocycles. The zero-order valence-electron chi connectivity index (χ0n) is 9.72. The van der Waals surface area contributed by atoms with Crippen LogP contribution in [0.2, 0.25) is 12.6 Å². The van der Waals surface area contributed by atoms with E-state index in [1.165, 1.54) is 12.1 Å². The largest absolute Gasteiger partial charge is 0.398 e. The van der Waals surface area contributed by atoms with Gasteiger partial charge < -0.3 is 8.85 Å². The molecule has 0 aliphatic carbocycles. The van der Waals surface area contributed by atoms with E-state index in [9.17, 15) is 8.78 Å². The van der Waals surface area contributed by atoms with Gasteiger partial charge in [-0.2, -0.15) is 0 Å². The van der Waals surface area contributed by atoms with Crippen LogP contribution in [0.3, 0.4) is 0 Å². The summed E-state index contributed by atoms with van der Waals surface area (Å²) in [4.78, 5) is 0. The van der Waals surface area contributed by atoms with Gasteiger partial charge in [0.15, 0.2) is 0 Å². The van der Waals surface area contributed by atoms with Crippen LogP contribution in [-0.2, 0) is 15.3 Å². The van der Waals surface area contributed by atoms with E-state index in [0.717, 1.165) is 6.07 Å². The Morgan fingerprint density at radius 1 is 1.06 bits per heavy atom. The lowest BCUT2D eigenvalue weighted by Gasteiger charge is -2.22. The molecule has 0 aromatic heterocycles. The molecule has 0 bridgehead atoms. The van der Waals surface area contributed by atoms with Crippen LogP contribution in [-0.4, -0.2) is 22.8 Å². The van der Waals surface area contributed by atoms with Crippen molar-refractivity contribution >= 4 is 8.56 Å². The van der Waals surface area contributed by atoms with Crippen LogP contribution < -0.4 is 0 Å². The molecule has 0 saturated carbocycles. The number of halogens is 2.